The zero-order chi connectivity index (χ0) is 35.1. The Morgan fingerprint density at radius 3 is 2.32 bits per heavy atom. The standard InChI is InChI=1S/C41H49N3O6/c1-44(24-22-36-11-6-7-23-42-36)28-37-26-38(33-16-14-30(29-45)15-17-33)50-41(49-37)34-20-18-32(19-21-34)35-10-8-9-31(25-35)27-43-39(46)12-4-2-3-5-13-40(47)48/h6-11,14-21,23,25,37-38,41,45H,2-5,12-13,22,24,26-29H2,1H3,(H,43,46)(H,47,48)/t37-,38+,41+/m0/s1. The molecule has 264 valence electrons. The SMILES string of the molecule is CN(CCc1ccccn1)C[C@@H]1C[C@H](c2ccc(CO)cc2)O[C@H](c2ccc(-c3cccc(CNC(=O)CCCCCCC(=O)O)c3)cc2)O1. The van der Waals surface area contributed by atoms with Crippen molar-refractivity contribution in [3.05, 3.63) is 125 Å². The zero-order valence-electron chi connectivity index (χ0n) is 28.9. The van der Waals surface area contributed by atoms with Gasteiger partial charge in [-0.25, -0.2) is 0 Å². The number of hydrogen-bond donors (Lipinski definition) is 3. The monoisotopic (exact) mass is 679 g/mol. The number of carbonyl (C=O) groups excluding carboxylic acids is 1. The molecule has 0 unspecified atom stereocenters. The number of amides is 1. The Balaban J connectivity index is 1.19. The number of aliphatic hydroxyl groups excluding tert-OH is 1. The summed E-state index contributed by atoms with van der Waals surface area (Å²) in [6, 6.07) is 30.4. The lowest BCUT2D eigenvalue weighted by Crippen LogP contribution is -2.38. The molecule has 2 heterocycles. The number of carboxylic acid groups (broad SMARTS) is 1. The second-order valence-corrected chi connectivity index (χ2v) is 13.1. The van der Waals surface area contributed by atoms with E-state index in [1.54, 1.807) is 0 Å². The van der Waals surface area contributed by atoms with Gasteiger partial charge in [0.15, 0.2) is 6.29 Å². The fraction of sp³-hybridized carbons (Fsp3) is 0.390. The van der Waals surface area contributed by atoms with Crippen molar-refractivity contribution < 1.29 is 29.3 Å². The molecule has 1 aromatic heterocycles. The first kappa shape index (κ1) is 36.9. The summed E-state index contributed by atoms with van der Waals surface area (Å²) >= 11 is 0. The Bertz CT molecular complexity index is 1630. The van der Waals surface area contributed by atoms with Crippen LogP contribution in [-0.2, 0) is 38.6 Å². The summed E-state index contributed by atoms with van der Waals surface area (Å²) in [6.07, 6.45) is 6.39. The molecule has 1 fully saturated rings. The Morgan fingerprint density at radius 1 is 0.840 bits per heavy atom. The van der Waals surface area contributed by atoms with Gasteiger partial charge in [0.1, 0.15) is 0 Å². The third-order valence-corrected chi connectivity index (χ3v) is 9.08. The van der Waals surface area contributed by atoms with Crippen LogP contribution in [0.5, 0.6) is 0 Å². The molecular weight excluding hydrogens is 630 g/mol. The molecule has 9 heteroatoms. The van der Waals surface area contributed by atoms with Gasteiger partial charge in [-0.1, -0.05) is 85.6 Å². The average Bonchev–Trinajstić information content (AvgIpc) is 3.15. The van der Waals surface area contributed by atoms with Crippen molar-refractivity contribution in [1.29, 1.82) is 0 Å². The topological polar surface area (TPSA) is 121 Å². The number of rotatable bonds is 18. The van der Waals surface area contributed by atoms with Gasteiger partial charge in [0.25, 0.3) is 0 Å². The van der Waals surface area contributed by atoms with Crippen LogP contribution in [0.15, 0.2) is 97.2 Å². The maximum Gasteiger partial charge on any atom is 0.303 e. The molecule has 4 aromatic rings. The maximum absolute atomic E-state index is 12.4. The molecule has 0 radical (unpaired) electrons. The van der Waals surface area contributed by atoms with E-state index in [-0.39, 0.29) is 31.1 Å². The van der Waals surface area contributed by atoms with Crippen molar-refractivity contribution in [3.8, 4) is 11.1 Å². The fourth-order valence-corrected chi connectivity index (χ4v) is 6.22. The van der Waals surface area contributed by atoms with E-state index in [4.69, 9.17) is 14.6 Å². The number of hydrogen-bond acceptors (Lipinski definition) is 7. The molecule has 3 atom stereocenters. The zero-order valence-corrected chi connectivity index (χ0v) is 28.9. The average molecular weight is 680 g/mol. The van der Waals surface area contributed by atoms with E-state index in [1.165, 1.54) is 0 Å². The van der Waals surface area contributed by atoms with Crippen LogP contribution in [0.4, 0.5) is 0 Å². The third kappa shape index (κ3) is 11.6. The Labute approximate surface area is 295 Å². The normalized spacial score (nSPS) is 17.5. The van der Waals surface area contributed by atoms with Gasteiger partial charge in [-0.15, -0.1) is 0 Å². The van der Waals surface area contributed by atoms with Crippen LogP contribution in [0.25, 0.3) is 11.1 Å². The molecular formula is C41H49N3O6. The van der Waals surface area contributed by atoms with E-state index in [1.807, 2.05) is 54.7 Å². The lowest BCUT2D eigenvalue weighted by molar-refractivity contribution is -0.252. The molecule has 0 spiro atoms. The molecule has 0 aliphatic carbocycles. The highest BCUT2D eigenvalue weighted by Crippen LogP contribution is 2.38. The van der Waals surface area contributed by atoms with Crippen LogP contribution in [0.2, 0.25) is 0 Å². The maximum atomic E-state index is 12.4. The number of pyridine rings is 1. The number of nitrogens with one attached hydrogen (secondary N) is 1. The largest absolute Gasteiger partial charge is 0.481 e. The lowest BCUT2D eigenvalue weighted by atomic mass is 9.99. The number of benzene rings is 3. The van der Waals surface area contributed by atoms with Gasteiger partial charge in [-0.3, -0.25) is 14.6 Å². The van der Waals surface area contributed by atoms with Gasteiger partial charge in [0, 0.05) is 62.8 Å². The molecule has 5 rings (SSSR count). The van der Waals surface area contributed by atoms with Crippen molar-refractivity contribution in [2.45, 2.75) is 83.0 Å². The highest BCUT2D eigenvalue weighted by Gasteiger charge is 2.32. The number of nitrogens with zero attached hydrogens (tertiary/aromatic N) is 2. The summed E-state index contributed by atoms with van der Waals surface area (Å²) < 4.78 is 13.2. The molecule has 3 N–H and O–H groups in total. The van der Waals surface area contributed by atoms with E-state index >= 15 is 0 Å². The number of ether oxygens (including phenoxy) is 2. The minimum Gasteiger partial charge on any atom is -0.481 e. The molecule has 0 saturated carbocycles. The third-order valence-electron chi connectivity index (χ3n) is 9.08. The highest BCUT2D eigenvalue weighted by atomic mass is 16.7. The Morgan fingerprint density at radius 2 is 1.60 bits per heavy atom. The van der Waals surface area contributed by atoms with Crippen LogP contribution >= 0.6 is 0 Å². The van der Waals surface area contributed by atoms with Gasteiger partial charge in [0.05, 0.1) is 18.8 Å². The van der Waals surface area contributed by atoms with Crippen LogP contribution < -0.4 is 5.32 Å². The quantitative estimate of drug-likeness (QED) is 0.0962. The van der Waals surface area contributed by atoms with Crippen molar-refractivity contribution in [2.75, 3.05) is 20.1 Å². The first-order valence-electron chi connectivity index (χ1n) is 17.6. The summed E-state index contributed by atoms with van der Waals surface area (Å²) in [4.78, 5) is 29.8. The van der Waals surface area contributed by atoms with Crippen molar-refractivity contribution in [1.82, 2.24) is 15.2 Å². The predicted molar refractivity (Wildman–Crippen MR) is 193 cm³/mol. The number of aromatic nitrogens is 1. The number of carboxylic acids is 1. The van der Waals surface area contributed by atoms with Gasteiger partial charge < -0.3 is 29.9 Å². The molecule has 0 bridgehead atoms. The fourth-order valence-electron chi connectivity index (χ4n) is 6.22. The molecule has 3 aromatic carbocycles. The van der Waals surface area contributed by atoms with E-state index in [0.717, 1.165) is 84.3 Å². The van der Waals surface area contributed by atoms with Gasteiger partial charge in [-0.2, -0.15) is 0 Å². The molecule has 50 heavy (non-hydrogen) atoms. The number of unbranched alkanes of at least 4 members (excludes halogenated alkanes) is 3. The number of aliphatic carboxylic acids is 1. The number of aliphatic hydroxyl groups is 1. The van der Waals surface area contributed by atoms with Gasteiger partial charge in [-0.05, 0) is 65.9 Å². The van der Waals surface area contributed by atoms with Gasteiger partial charge >= 0.3 is 5.97 Å². The summed E-state index contributed by atoms with van der Waals surface area (Å²) in [5, 5.41) is 21.3. The number of likely N-dealkylation sites (N-methyl/N-ethyl adjacent to an activating group) is 1. The van der Waals surface area contributed by atoms with E-state index in [9.17, 15) is 14.7 Å². The first-order chi connectivity index (χ1) is 24.4. The van der Waals surface area contributed by atoms with Crippen LogP contribution in [0.1, 0.15) is 85.3 Å². The van der Waals surface area contributed by atoms with E-state index < -0.39 is 12.3 Å². The molecule has 1 aliphatic heterocycles. The Hall–Kier alpha value is -4.41. The highest BCUT2D eigenvalue weighted by molar-refractivity contribution is 5.76. The van der Waals surface area contributed by atoms with Crippen molar-refractivity contribution in [3.63, 3.8) is 0 Å². The van der Waals surface area contributed by atoms with Crippen LogP contribution in [-0.4, -0.2) is 58.2 Å². The Kier molecular flexibility index (Phi) is 14.1. The predicted octanol–water partition coefficient (Wildman–Crippen LogP) is 7.00. The number of carbonyl (C=O) groups is 2. The van der Waals surface area contributed by atoms with Crippen LogP contribution in [0, 0.1) is 0 Å². The molecule has 1 saturated heterocycles. The second kappa shape index (κ2) is 19.1. The van der Waals surface area contributed by atoms with E-state index in [0.29, 0.717) is 19.4 Å². The first-order valence-corrected chi connectivity index (χ1v) is 17.6. The van der Waals surface area contributed by atoms with Gasteiger partial charge in [0.2, 0.25) is 5.91 Å². The second-order valence-electron chi connectivity index (χ2n) is 13.1. The van der Waals surface area contributed by atoms with E-state index in [2.05, 4.69) is 64.7 Å². The smallest absolute Gasteiger partial charge is 0.303 e. The lowest BCUT2D eigenvalue weighted by Gasteiger charge is -2.38. The summed E-state index contributed by atoms with van der Waals surface area (Å²) in [5.74, 6) is -0.768. The minimum atomic E-state index is -0.773. The summed E-state index contributed by atoms with van der Waals surface area (Å²) in [5.41, 5.74) is 7.08. The molecule has 1 amide bonds. The van der Waals surface area contributed by atoms with Crippen molar-refractivity contribution in [2.24, 2.45) is 0 Å². The summed E-state index contributed by atoms with van der Waals surface area (Å²) in [7, 11) is 2.11. The summed E-state index contributed by atoms with van der Waals surface area (Å²) in [6.45, 7) is 2.08. The molecule has 1 aliphatic rings. The minimum absolute atomic E-state index is 0.00391. The molecule has 9 nitrogen and oxygen atoms in total. The van der Waals surface area contributed by atoms with Crippen molar-refractivity contribution >= 4 is 11.9 Å². The van der Waals surface area contributed by atoms with Crippen LogP contribution in [0.3, 0.4) is 0 Å².